The van der Waals surface area contributed by atoms with Crippen LogP contribution in [-0.2, 0) is 4.79 Å². The van der Waals surface area contributed by atoms with Crippen LogP contribution in [0.2, 0.25) is 0 Å². The first kappa shape index (κ1) is 8.38. The van der Waals surface area contributed by atoms with Crippen LogP contribution >= 0.6 is 11.8 Å². The minimum absolute atomic E-state index is 0.182. The van der Waals surface area contributed by atoms with Gasteiger partial charge < -0.3 is 5.11 Å². The van der Waals surface area contributed by atoms with Crippen LogP contribution in [0.4, 0.5) is 0 Å². The summed E-state index contributed by atoms with van der Waals surface area (Å²) in [6.07, 6.45) is 9.59. The summed E-state index contributed by atoms with van der Waals surface area (Å²) in [5.41, 5.74) is 1.31. The fraction of sp³-hybridized carbons (Fsp3) is 0.100. The summed E-state index contributed by atoms with van der Waals surface area (Å²) in [5, 5.41) is 10.8. The molecule has 0 fully saturated rings. The fourth-order valence-electron chi connectivity index (χ4n) is 1.33. The second-order valence-electron chi connectivity index (χ2n) is 2.79. The number of carbonyl (C=O) groups is 1. The zero-order chi connectivity index (χ0) is 9.26. The topological polar surface area (TPSA) is 37.3 Å². The van der Waals surface area contributed by atoms with Crippen molar-refractivity contribution < 1.29 is 9.90 Å². The summed E-state index contributed by atoms with van der Waals surface area (Å²) in [6, 6.07) is 0. The first-order valence-corrected chi connectivity index (χ1v) is 4.87. The first-order chi connectivity index (χ1) is 6.29. The second kappa shape index (κ2) is 3.26. The van der Waals surface area contributed by atoms with E-state index >= 15 is 0 Å². The molecule has 1 atom stereocenters. The Hall–Kier alpha value is -1.22. The van der Waals surface area contributed by atoms with Gasteiger partial charge in [-0.25, -0.2) is 4.79 Å². The van der Waals surface area contributed by atoms with Crippen molar-refractivity contribution in [2.24, 2.45) is 0 Å². The lowest BCUT2D eigenvalue weighted by Crippen LogP contribution is -2.06. The SMILES string of the molecule is O=C(O)C1=CSC2C=CC=CC=C12. The Bertz CT molecular complexity index is 361. The van der Waals surface area contributed by atoms with E-state index in [0.717, 1.165) is 5.57 Å². The largest absolute Gasteiger partial charge is 0.478 e. The highest BCUT2D eigenvalue weighted by Crippen LogP contribution is 2.36. The van der Waals surface area contributed by atoms with Crippen molar-refractivity contribution in [3.05, 3.63) is 46.9 Å². The van der Waals surface area contributed by atoms with Crippen LogP contribution in [0.1, 0.15) is 0 Å². The molecule has 1 aliphatic carbocycles. The number of thioether (sulfide) groups is 1. The molecule has 13 heavy (non-hydrogen) atoms. The summed E-state index contributed by atoms with van der Waals surface area (Å²) in [7, 11) is 0. The predicted molar refractivity (Wildman–Crippen MR) is 53.5 cm³/mol. The third kappa shape index (κ3) is 1.47. The zero-order valence-corrected chi connectivity index (χ0v) is 7.62. The molecule has 1 N–H and O–H groups in total. The first-order valence-electron chi connectivity index (χ1n) is 3.93. The van der Waals surface area contributed by atoms with Gasteiger partial charge >= 0.3 is 5.97 Å². The number of carboxylic acids is 1. The Labute approximate surface area is 80.3 Å². The molecular weight excluding hydrogens is 184 g/mol. The third-order valence-electron chi connectivity index (χ3n) is 1.96. The van der Waals surface area contributed by atoms with E-state index < -0.39 is 5.97 Å². The maximum atomic E-state index is 10.8. The van der Waals surface area contributed by atoms with Gasteiger partial charge in [-0.05, 0) is 11.0 Å². The van der Waals surface area contributed by atoms with Crippen molar-refractivity contribution in [2.75, 3.05) is 0 Å². The van der Waals surface area contributed by atoms with Crippen molar-refractivity contribution >= 4 is 17.7 Å². The molecule has 1 heterocycles. The lowest BCUT2D eigenvalue weighted by molar-refractivity contribution is -0.132. The predicted octanol–water partition coefficient (Wildman–Crippen LogP) is 2.12. The lowest BCUT2D eigenvalue weighted by Gasteiger charge is -2.05. The molecule has 0 bridgehead atoms. The molecule has 0 aromatic heterocycles. The number of allylic oxidation sites excluding steroid dienone is 4. The van der Waals surface area contributed by atoms with Gasteiger partial charge in [0.15, 0.2) is 0 Å². The summed E-state index contributed by atoms with van der Waals surface area (Å²) in [4.78, 5) is 10.8. The van der Waals surface area contributed by atoms with Gasteiger partial charge in [-0.15, -0.1) is 11.8 Å². The standard InChI is InChI=1S/C10H8O2S/c11-10(12)8-6-13-9-5-3-1-2-4-7(8)9/h1-6,9H,(H,11,12). The Kier molecular flexibility index (Phi) is 2.10. The molecule has 1 unspecified atom stereocenters. The molecule has 2 rings (SSSR count). The molecule has 0 aromatic carbocycles. The molecule has 0 amide bonds. The minimum atomic E-state index is -0.843. The van der Waals surface area contributed by atoms with Crippen molar-refractivity contribution in [2.45, 2.75) is 5.25 Å². The number of rotatable bonds is 1. The van der Waals surface area contributed by atoms with Crippen molar-refractivity contribution in [3.8, 4) is 0 Å². The molecule has 1 aliphatic heterocycles. The van der Waals surface area contributed by atoms with Crippen LogP contribution in [0.5, 0.6) is 0 Å². The smallest absolute Gasteiger partial charge is 0.336 e. The van der Waals surface area contributed by atoms with Gasteiger partial charge in [0.1, 0.15) is 0 Å². The molecule has 2 nitrogen and oxygen atoms in total. The van der Waals surface area contributed by atoms with E-state index in [1.807, 2.05) is 30.4 Å². The van der Waals surface area contributed by atoms with E-state index in [4.69, 9.17) is 5.11 Å². The number of hydrogen-bond acceptors (Lipinski definition) is 2. The van der Waals surface area contributed by atoms with Crippen LogP contribution in [0.25, 0.3) is 0 Å². The van der Waals surface area contributed by atoms with Gasteiger partial charge in [-0.3, -0.25) is 0 Å². The van der Waals surface area contributed by atoms with Gasteiger partial charge in [0, 0.05) is 0 Å². The molecule has 0 spiro atoms. The molecule has 0 saturated carbocycles. The van der Waals surface area contributed by atoms with Gasteiger partial charge in [0.05, 0.1) is 10.8 Å². The third-order valence-corrected chi connectivity index (χ3v) is 3.04. The van der Waals surface area contributed by atoms with Gasteiger partial charge in [0.25, 0.3) is 0 Å². The van der Waals surface area contributed by atoms with Crippen molar-refractivity contribution in [3.63, 3.8) is 0 Å². The van der Waals surface area contributed by atoms with E-state index in [-0.39, 0.29) is 5.25 Å². The number of hydrogen-bond donors (Lipinski definition) is 1. The monoisotopic (exact) mass is 192 g/mol. The summed E-state index contributed by atoms with van der Waals surface area (Å²) in [5.74, 6) is -0.843. The summed E-state index contributed by atoms with van der Waals surface area (Å²) in [6.45, 7) is 0. The van der Waals surface area contributed by atoms with E-state index in [2.05, 4.69) is 0 Å². The Morgan fingerprint density at radius 2 is 2.23 bits per heavy atom. The molecule has 0 saturated heterocycles. The van der Waals surface area contributed by atoms with Gasteiger partial charge in [0.2, 0.25) is 0 Å². The average Bonchev–Trinajstić information content (AvgIpc) is 2.36. The lowest BCUT2D eigenvalue weighted by atomic mass is 10.0. The van der Waals surface area contributed by atoms with Gasteiger partial charge in [-0.2, -0.15) is 0 Å². The Morgan fingerprint density at radius 1 is 1.38 bits per heavy atom. The maximum absolute atomic E-state index is 10.8. The van der Waals surface area contributed by atoms with E-state index in [0.29, 0.717) is 5.57 Å². The molecular formula is C10H8O2S. The van der Waals surface area contributed by atoms with Crippen LogP contribution < -0.4 is 0 Å². The highest BCUT2D eigenvalue weighted by atomic mass is 32.2. The van der Waals surface area contributed by atoms with Gasteiger partial charge in [-0.1, -0.05) is 30.4 Å². The highest BCUT2D eigenvalue weighted by Gasteiger charge is 2.26. The van der Waals surface area contributed by atoms with Crippen molar-refractivity contribution in [1.29, 1.82) is 0 Å². The molecule has 2 aliphatic rings. The fourth-order valence-corrected chi connectivity index (χ4v) is 2.39. The second-order valence-corrected chi connectivity index (χ2v) is 3.80. The van der Waals surface area contributed by atoms with E-state index in [1.54, 1.807) is 5.41 Å². The number of fused-ring (bicyclic) bond motifs is 1. The van der Waals surface area contributed by atoms with Crippen molar-refractivity contribution in [1.82, 2.24) is 0 Å². The highest BCUT2D eigenvalue weighted by molar-refractivity contribution is 8.03. The van der Waals surface area contributed by atoms with Crippen LogP contribution in [0.15, 0.2) is 46.9 Å². The summed E-state index contributed by atoms with van der Waals surface area (Å²) >= 11 is 1.54. The maximum Gasteiger partial charge on any atom is 0.336 e. The average molecular weight is 192 g/mol. The van der Waals surface area contributed by atoms with E-state index in [1.165, 1.54) is 11.8 Å². The number of aliphatic carboxylic acids is 1. The number of carboxylic acid groups (broad SMARTS) is 1. The zero-order valence-electron chi connectivity index (χ0n) is 6.81. The Morgan fingerprint density at radius 3 is 3.00 bits per heavy atom. The normalized spacial score (nSPS) is 24.8. The molecule has 0 radical (unpaired) electrons. The Balaban J connectivity index is 2.37. The molecule has 3 heteroatoms. The minimum Gasteiger partial charge on any atom is -0.478 e. The quantitative estimate of drug-likeness (QED) is 0.691. The molecule has 0 aromatic rings. The van der Waals surface area contributed by atoms with Crippen LogP contribution in [0, 0.1) is 0 Å². The van der Waals surface area contributed by atoms with E-state index in [9.17, 15) is 4.79 Å². The van der Waals surface area contributed by atoms with Crippen LogP contribution in [0.3, 0.4) is 0 Å². The summed E-state index contributed by atoms with van der Waals surface area (Å²) < 4.78 is 0. The van der Waals surface area contributed by atoms with Crippen LogP contribution in [-0.4, -0.2) is 16.3 Å². The molecule has 66 valence electrons.